The zero-order valence-electron chi connectivity index (χ0n) is 17.2. The van der Waals surface area contributed by atoms with E-state index in [0.29, 0.717) is 29.0 Å². The van der Waals surface area contributed by atoms with E-state index in [1.165, 1.54) is 10.9 Å². The molecule has 3 aromatic rings. The lowest BCUT2D eigenvalue weighted by Gasteiger charge is -2.38. The molecule has 4 rings (SSSR count). The number of carbonyl (C=O) groups is 1. The van der Waals surface area contributed by atoms with Crippen molar-refractivity contribution in [3.63, 3.8) is 0 Å². The summed E-state index contributed by atoms with van der Waals surface area (Å²) in [5, 5.41) is 1.23. The summed E-state index contributed by atoms with van der Waals surface area (Å²) in [5.41, 5.74) is 1.53. The zero-order chi connectivity index (χ0) is 21.3. The molecule has 2 aromatic carbocycles. The Morgan fingerprint density at radius 2 is 1.77 bits per heavy atom. The van der Waals surface area contributed by atoms with Crippen LogP contribution in [-0.2, 0) is 4.79 Å². The summed E-state index contributed by atoms with van der Waals surface area (Å²) >= 11 is 6.11. The molecule has 1 saturated heterocycles. The summed E-state index contributed by atoms with van der Waals surface area (Å²) < 4.78 is 1.50. The van der Waals surface area contributed by atoms with Crippen LogP contribution >= 0.6 is 11.6 Å². The highest BCUT2D eigenvalue weighted by molar-refractivity contribution is 6.30. The molecule has 7 heteroatoms. The molecule has 0 aliphatic carbocycles. The van der Waals surface area contributed by atoms with Gasteiger partial charge in [-0.25, -0.2) is 4.98 Å². The predicted molar refractivity (Wildman–Crippen MR) is 120 cm³/mol. The SMILES string of the molecule is CC(C)C(C(=O)N1CCN(c2cccc(Cl)c2)CC1)n1cnc2ccccc2c1=O. The lowest BCUT2D eigenvalue weighted by molar-refractivity contribution is -0.136. The normalized spacial score (nSPS) is 15.6. The van der Waals surface area contributed by atoms with Gasteiger partial charge in [0.25, 0.3) is 5.56 Å². The average molecular weight is 425 g/mol. The van der Waals surface area contributed by atoms with Crippen LogP contribution in [0, 0.1) is 5.92 Å². The summed E-state index contributed by atoms with van der Waals surface area (Å²) in [4.78, 5) is 35.0. The van der Waals surface area contributed by atoms with Crippen LogP contribution in [-0.4, -0.2) is 46.5 Å². The molecule has 0 radical (unpaired) electrons. The maximum absolute atomic E-state index is 13.4. The van der Waals surface area contributed by atoms with Crippen LogP contribution in [0.25, 0.3) is 10.9 Å². The van der Waals surface area contributed by atoms with Crippen molar-refractivity contribution in [1.29, 1.82) is 0 Å². The highest BCUT2D eigenvalue weighted by Gasteiger charge is 2.32. The van der Waals surface area contributed by atoms with Crippen molar-refractivity contribution in [1.82, 2.24) is 14.5 Å². The van der Waals surface area contributed by atoms with Crippen molar-refractivity contribution in [2.75, 3.05) is 31.1 Å². The van der Waals surface area contributed by atoms with Gasteiger partial charge >= 0.3 is 0 Å². The van der Waals surface area contributed by atoms with Gasteiger partial charge in [-0.15, -0.1) is 0 Å². The van der Waals surface area contributed by atoms with Crippen LogP contribution in [0.1, 0.15) is 19.9 Å². The predicted octanol–water partition coefficient (Wildman–Crippen LogP) is 3.60. The number of anilines is 1. The Labute approximate surface area is 180 Å². The van der Waals surface area contributed by atoms with Gasteiger partial charge in [0, 0.05) is 36.9 Å². The van der Waals surface area contributed by atoms with Crippen molar-refractivity contribution in [2.24, 2.45) is 5.92 Å². The summed E-state index contributed by atoms with van der Waals surface area (Å²) in [6, 6.07) is 14.4. The van der Waals surface area contributed by atoms with Crippen LogP contribution in [0.4, 0.5) is 5.69 Å². The Kier molecular flexibility index (Phi) is 5.77. The van der Waals surface area contributed by atoms with Gasteiger partial charge < -0.3 is 9.80 Å². The molecule has 1 amide bonds. The maximum Gasteiger partial charge on any atom is 0.261 e. The van der Waals surface area contributed by atoms with Crippen LogP contribution < -0.4 is 10.5 Å². The first-order valence-electron chi connectivity index (χ1n) is 10.2. The van der Waals surface area contributed by atoms with Gasteiger partial charge in [-0.2, -0.15) is 0 Å². The lowest BCUT2D eigenvalue weighted by atomic mass is 10.0. The monoisotopic (exact) mass is 424 g/mol. The smallest absolute Gasteiger partial charge is 0.261 e. The molecule has 0 N–H and O–H groups in total. The Bertz CT molecular complexity index is 1120. The van der Waals surface area contributed by atoms with E-state index >= 15 is 0 Å². The van der Waals surface area contributed by atoms with Crippen molar-refractivity contribution in [2.45, 2.75) is 19.9 Å². The molecule has 1 unspecified atom stereocenters. The molecule has 2 heterocycles. The fraction of sp³-hybridized carbons (Fsp3) is 0.348. The van der Waals surface area contributed by atoms with Gasteiger partial charge in [-0.05, 0) is 36.2 Å². The van der Waals surface area contributed by atoms with Crippen molar-refractivity contribution >= 4 is 34.1 Å². The van der Waals surface area contributed by atoms with E-state index < -0.39 is 6.04 Å². The highest BCUT2D eigenvalue weighted by Crippen LogP contribution is 2.24. The number of aromatic nitrogens is 2. The van der Waals surface area contributed by atoms with E-state index in [4.69, 9.17) is 11.6 Å². The van der Waals surface area contributed by atoms with Crippen molar-refractivity contribution < 1.29 is 4.79 Å². The fourth-order valence-corrected chi connectivity index (χ4v) is 4.24. The second-order valence-electron chi connectivity index (χ2n) is 7.96. The van der Waals surface area contributed by atoms with Gasteiger partial charge in [0.05, 0.1) is 17.2 Å². The van der Waals surface area contributed by atoms with Gasteiger partial charge in [0.1, 0.15) is 6.04 Å². The maximum atomic E-state index is 13.4. The summed E-state index contributed by atoms with van der Waals surface area (Å²) in [6.45, 7) is 6.58. The molecule has 6 nitrogen and oxygen atoms in total. The minimum atomic E-state index is -0.577. The van der Waals surface area contributed by atoms with Gasteiger partial charge in [0.2, 0.25) is 5.91 Å². The summed E-state index contributed by atoms with van der Waals surface area (Å²) in [6.07, 6.45) is 1.51. The minimum Gasteiger partial charge on any atom is -0.368 e. The minimum absolute atomic E-state index is 0.0325. The standard InChI is InChI=1S/C23H25ClN4O2/c1-16(2)21(28-15-25-20-9-4-3-8-19(20)22(28)29)23(30)27-12-10-26(11-13-27)18-7-5-6-17(24)14-18/h3-9,14-16,21H,10-13H2,1-2H3. The van der Waals surface area contributed by atoms with E-state index in [1.807, 2.05) is 61.2 Å². The van der Waals surface area contributed by atoms with Crippen molar-refractivity contribution in [3.8, 4) is 0 Å². The number of halogens is 1. The number of amides is 1. The van der Waals surface area contributed by atoms with E-state index in [1.54, 1.807) is 6.07 Å². The Hall–Kier alpha value is -2.86. The Balaban J connectivity index is 1.55. The van der Waals surface area contributed by atoms with Gasteiger partial charge in [-0.1, -0.05) is 43.6 Å². The molecule has 1 atom stereocenters. The average Bonchev–Trinajstić information content (AvgIpc) is 2.75. The molecule has 1 aliphatic heterocycles. The number of hydrogen-bond acceptors (Lipinski definition) is 4. The van der Waals surface area contributed by atoms with Gasteiger partial charge in [-0.3, -0.25) is 14.2 Å². The molecule has 1 aromatic heterocycles. The molecule has 1 fully saturated rings. The number of benzene rings is 2. The molecule has 0 saturated carbocycles. The zero-order valence-corrected chi connectivity index (χ0v) is 17.9. The number of para-hydroxylation sites is 1. The number of fused-ring (bicyclic) bond motifs is 1. The third kappa shape index (κ3) is 3.92. The molecule has 156 valence electrons. The summed E-state index contributed by atoms with van der Waals surface area (Å²) in [7, 11) is 0. The fourth-order valence-electron chi connectivity index (χ4n) is 4.05. The van der Waals surface area contributed by atoms with Gasteiger partial charge in [0.15, 0.2) is 0 Å². The largest absolute Gasteiger partial charge is 0.368 e. The van der Waals surface area contributed by atoms with Crippen LogP contribution in [0.15, 0.2) is 59.7 Å². The van der Waals surface area contributed by atoms with E-state index in [0.717, 1.165) is 18.8 Å². The molecular weight excluding hydrogens is 400 g/mol. The van der Waals surface area contributed by atoms with E-state index in [-0.39, 0.29) is 17.4 Å². The molecular formula is C23H25ClN4O2. The topological polar surface area (TPSA) is 58.4 Å². The van der Waals surface area contributed by atoms with Crippen molar-refractivity contribution in [3.05, 3.63) is 70.2 Å². The second-order valence-corrected chi connectivity index (χ2v) is 8.39. The van der Waals surface area contributed by atoms with Crippen LogP contribution in [0.3, 0.4) is 0 Å². The first-order chi connectivity index (χ1) is 14.5. The Morgan fingerprint density at radius 1 is 1.03 bits per heavy atom. The molecule has 0 bridgehead atoms. The number of hydrogen-bond donors (Lipinski definition) is 0. The number of rotatable bonds is 4. The quantitative estimate of drug-likeness (QED) is 0.642. The first kappa shape index (κ1) is 20.4. The highest BCUT2D eigenvalue weighted by atomic mass is 35.5. The molecule has 0 spiro atoms. The number of carbonyl (C=O) groups excluding carboxylic acids is 1. The van der Waals surface area contributed by atoms with Crippen LogP contribution in [0.2, 0.25) is 5.02 Å². The number of nitrogens with zero attached hydrogens (tertiary/aromatic N) is 4. The Morgan fingerprint density at radius 3 is 2.47 bits per heavy atom. The van der Waals surface area contributed by atoms with Crippen LogP contribution in [0.5, 0.6) is 0 Å². The van der Waals surface area contributed by atoms with E-state index in [9.17, 15) is 9.59 Å². The first-order valence-corrected chi connectivity index (χ1v) is 10.6. The lowest BCUT2D eigenvalue weighted by Crippen LogP contribution is -2.52. The molecule has 1 aliphatic rings. The number of piperazine rings is 1. The molecule has 30 heavy (non-hydrogen) atoms. The second kappa shape index (κ2) is 8.48. The third-order valence-electron chi connectivity index (χ3n) is 5.64. The third-order valence-corrected chi connectivity index (χ3v) is 5.87. The summed E-state index contributed by atoms with van der Waals surface area (Å²) in [5.74, 6) is -0.0703. The van der Waals surface area contributed by atoms with E-state index in [2.05, 4.69) is 9.88 Å².